The molecular weight excluding hydrogens is 649 g/mol. The molecule has 0 fully saturated rings. The number of para-hydroxylation sites is 2. The highest BCUT2D eigenvalue weighted by atomic mass is 16.3. The third-order valence-corrected chi connectivity index (χ3v) is 10.3. The zero-order valence-corrected chi connectivity index (χ0v) is 28.4. The molecule has 0 aliphatic carbocycles. The van der Waals surface area contributed by atoms with Crippen LogP contribution in [-0.4, -0.2) is 19.9 Å². The number of fused-ring (bicyclic) bond motifs is 9. The minimum Gasteiger partial charge on any atom is -0.455 e. The molecule has 0 N–H and O–H groups in total. The second-order valence-corrected chi connectivity index (χ2v) is 13.4. The largest absolute Gasteiger partial charge is 0.455 e. The van der Waals surface area contributed by atoms with E-state index in [2.05, 4.69) is 152 Å². The summed E-state index contributed by atoms with van der Waals surface area (Å²) in [6, 6.07) is 58.7. The van der Waals surface area contributed by atoms with Gasteiger partial charge in [0.05, 0.1) is 11.2 Å². The highest BCUT2D eigenvalue weighted by molar-refractivity contribution is 6.24. The van der Waals surface area contributed by atoms with Crippen LogP contribution in [0.15, 0.2) is 174 Å². The molecule has 8 aromatic carbocycles. The Bertz CT molecular complexity index is 3140. The smallest absolute Gasteiger partial charge is 0.164 e. The first-order chi connectivity index (χ1) is 26.2. The van der Waals surface area contributed by atoms with E-state index in [1.54, 1.807) is 0 Å². The maximum absolute atomic E-state index is 6.53. The fourth-order valence-corrected chi connectivity index (χ4v) is 7.63. The zero-order valence-electron chi connectivity index (χ0n) is 28.4. The first-order valence-electron chi connectivity index (χ1n) is 17.7. The highest BCUT2D eigenvalue weighted by Crippen LogP contribution is 2.41. The second kappa shape index (κ2) is 11.7. The topological polar surface area (TPSA) is 64.7 Å². The van der Waals surface area contributed by atoms with Crippen molar-refractivity contribution < 1.29 is 4.42 Å². The summed E-state index contributed by atoms with van der Waals surface area (Å²) in [5.41, 5.74) is 7.35. The van der Waals surface area contributed by atoms with Gasteiger partial charge < -0.3 is 4.42 Å². The lowest BCUT2D eigenvalue weighted by atomic mass is 9.97. The van der Waals surface area contributed by atoms with Gasteiger partial charge in [0.2, 0.25) is 0 Å². The molecule has 246 valence electrons. The van der Waals surface area contributed by atoms with E-state index in [0.717, 1.165) is 82.3 Å². The number of pyridine rings is 1. The predicted molar refractivity (Wildman–Crippen MR) is 217 cm³/mol. The van der Waals surface area contributed by atoms with Crippen molar-refractivity contribution in [1.82, 2.24) is 19.9 Å². The van der Waals surface area contributed by atoms with Gasteiger partial charge in [0, 0.05) is 49.2 Å². The molecule has 0 aliphatic rings. The van der Waals surface area contributed by atoms with Gasteiger partial charge in [-0.05, 0) is 51.9 Å². The average Bonchev–Trinajstić information content (AvgIpc) is 3.62. The number of benzene rings is 8. The summed E-state index contributed by atoms with van der Waals surface area (Å²) in [5, 5.41) is 10.0. The third-order valence-electron chi connectivity index (χ3n) is 10.3. The predicted octanol–water partition coefficient (Wildman–Crippen LogP) is 12.4. The maximum Gasteiger partial charge on any atom is 0.164 e. The number of hydrogen-bond donors (Lipinski definition) is 0. The minimum atomic E-state index is 0.609. The lowest BCUT2D eigenvalue weighted by Gasteiger charge is -2.12. The van der Waals surface area contributed by atoms with E-state index in [1.807, 2.05) is 18.2 Å². The summed E-state index contributed by atoms with van der Waals surface area (Å²) >= 11 is 0. The summed E-state index contributed by atoms with van der Waals surface area (Å²) in [6.45, 7) is 0. The Labute approximate surface area is 303 Å². The lowest BCUT2D eigenvalue weighted by molar-refractivity contribution is 0.673. The molecule has 0 saturated heterocycles. The van der Waals surface area contributed by atoms with E-state index in [4.69, 9.17) is 24.4 Å². The molecule has 0 saturated carbocycles. The van der Waals surface area contributed by atoms with Gasteiger partial charge in [-0.3, -0.25) is 0 Å². The molecule has 0 bridgehead atoms. The molecule has 0 amide bonds. The van der Waals surface area contributed by atoms with Crippen molar-refractivity contribution in [3.05, 3.63) is 170 Å². The van der Waals surface area contributed by atoms with Crippen LogP contribution in [0, 0.1) is 0 Å². The molecule has 0 unspecified atom stereocenters. The van der Waals surface area contributed by atoms with Crippen LogP contribution in [0.1, 0.15) is 0 Å². The quantitative estimate of drug-likeness (QED) is 0.174. The Kier molecular flexibility index (Phi) is 6.48. The van der Waals surface area contributed by atoms with Gasteiger partial charge in [-0.15, -0.1) is 0 Å². The van der Waals surface area contributed by atoms with Crippen molar-refractivity contribution in [2.45, 2.75) is 0 Å². The molecule has 5 nitrogen and oxygen atoms in total. The molecular formula is C48H28N4O. The number of aromatic nitrogens is 4. The SMILES string of the molecule is c1ccc2cc(-c3nc(-c4ccc(-c5nc6ccccc6c6c5ccc5c7ccccc7oc56)cc4)nc(-c4ccc5ccccc5c4)n3)ccc2c1. The van der Waals surface area contributed by atoms with Crippen LogP contribution in [0.25, 0.3) is 111 Å². The summed E-state index contributed by atoms with van der Waals surface area (Å²) < 4.78 is 6.53. The normalized spacial score (nSPS) is 11.8. The van der Waals surface area contributed by atoms with Gasteiger partial charge in [0.1, 0.15) is 11.2 Å². The minimum absolute atomic E-state index is 0.609. The molecule has 0 atom stereocenters. The average molecular weight is 677 g/mol. The third kappa shape index (κ3) is 4.86. The van der Waals surface area contributed by atoms with E-state index < -0.39 is 0 Å². The Balaban J connectivity index is 1.07. The summed E-state index contributed by atoms with van der Waals surface area (Å²) in [6.07, 6.45) is 0. The number of hydrogen-bond acceptors (Lipinski definition) is 5. The monoisotopic (exact) mass is 676 g/mol. The van der Waals surface area contributed by atoms with Crippen LogP contribution >= 0.6 is 0 Å². The van der Waals surface area contributed by atoms with Gasteiger partial charge in [-0.2, -0.15) is 0 Å². The standard InChI is InChI=1S/C48H28N4O/c1-3-11-33-27-35(23-17-29(33)9-1)47-50-46(51-48(52-47)36-24-18-30-10-2-4-12-34(30)28-36)32-21-19-31(20-22-32)44-40-26-25-38-37-13-6-8-16-42(37)53-45(38)43(40)39-14-5-7-15-41(39)49-44/h1-28H. The maximum atomic E-state index is 6.53. The van der Waals surface area contributed by atoms with Gasteiger partial charge >= 0.3 is 0 Å². The summed E-state index contributed by atoms with van der Waals surface area (Å²) in [4.78, 5) is 20.4. The Hall–Kier alpha value is -7.24. The molecule has 0 radical (unpaired) electrons. The van der Waals surface area contributed by atoms with Crippen LogP contribution in [0.2, 0.25) is 0 Å². The van der Waals surface area contributed by atoms with Crippen LogP contribution < -0.4 is 0 Å². The van der Waals surface area contributed by atoms with Crippen molar-refractivity contribution in [2.24, 2.45) is 0 Å². The summed E-state index contributed by atoms with van der Waals surface area (Å²) in [7, 11) is 0. The van der Waals surface area contributed by atoms with Crippen LogP contribution in [0.4, 0.5) is 0 Å². The first-order valence-corrected chi connectivity index (χ1v) is 17.7. The van der Waals surface area contributed by atoms with Crippen molar-refractivity contribution in [2.75, 3.05) is 0 Å². The molecule has 11 rings (SSSR count). The molecule has 5 heteroatoms. The van der Waals surface area contributed by atoms with Crippen molar-refractivity contribution >= 4 is 65.2 Å². The van der Waals surface area contributed by atoms with Gasteiger partial charge in [-0.25, -0.2) is 19.9 Å². The zero-order chi connectivity index (χ0) is 34.9. The fraction of sp³-hybridized carbons (Fsp3) is 0. The number of nitrogens with zero attached hydrogens (tertiary/aromatic N) is 4. The first kappa shape index (κ1) is 29.5. The Morgan fingerprint density at radius 2 is 0.849 bits per heavy atom. The summed E-state index contributed by atoms with van der Waals surface area (Å²) in [5.74, 6) is 1.87. The van der Waals surface area contributed by atoms with Gasteiger partial charge in [-0.1, -0.05) is 140 Å². The fourth-order valence-electron chi connectivity index (χ4n) is 7.63. The van der Waals surface area contributed by atoms with Crippen molar-refractivity contribution in [3.63, 3.8) is 0 Å². The Morgan fingerprint density at radius 3 is 1.53 bits per heavy atom. The van der Waals surface area contributed by atoms with E-state index >= 15 is 0 Å². The number of rotatable bonds is 4. The molecule has 3 heterocycles. The molecule has 53 heavy (non-hydrogen) atoms. The van der Waals surface area contributed by atoms with E-state index in [1.165, 1.54) is 10.8 Å². The van der Waals surface area contributed by atoms with Crippen LogP contribution in [0.5, 0.6) is 0 Å². The van der Waals surface area contributed by atoms with E-state index in [9.17, 15) is 0 Å². The lowest BCUT2D eigenvalue weighted by Crippen LogP contribution is -2.00. The van der Waals surface area contributed by atoms with Gasteiger partial charge in [0.25, 0.3) is 0 Å². The van der Waals surface area contributed by atoms with Crippen molar-refractivity contribution in [3.8, 4) is 45.4 Å². The Morgan fingerprint density at radius 1 is 0.340 bits per heavy atom. The highest BCUT2D eigenvalue weighted by Gasteiger charge is 2.18. The molecule has 11 aromatic rings. The van der Waals surface area contributed by atoms with E-state index in [-0.39, 0.29) is 0 Å². The van der Waals surface area contributed by atoms with E-state index in [0.29, 0.717) is 17.5 Å². The van der Waals surface area contributed by atoms with Crippen LogP contribution in [0.3, 0.4) is 0 Å². The molecule has 0 aliphatic heterocycles. The molecule has 3 aromatic heterocycles. The second-order valence-electron chi connectivity index (χ2n) is 13.4. The van der Waals surface area contributed by atoms with Crippen molar-refractivity contribution in [1.29, 1.82) is 0 Å². The number of furan rings is 1. The van der Waals surface area contributed by atoms with Gasteiger partial charge in [0.15, 0.2) is 17.5 Å². The molecule has 0 spiro atoms. The van der Waals surface area contributed by atoms with Crippen LogP contribution in [-0.2, 0) is 0 Å².